The zero-order chi connectivity index (χ0) is 18.4. The number of amidine groups is 1. The van der Waals surface area contributed by atoms with Crippen LogP contribution in [0.2, 0.25) is 0 Å². The Hall–Kier alpha value is -2.08. The maximum absolute atomic E-state index is 12.7. The Bertz CT molecular complexity index is 788. The Labute approximate surface area is 150 Å². The first-order valence-electron chi connectivity index (χ1n) is 8.37. The van der Waals surface area contributed by atoms with Gasteiger partial charge in [-0.1, -0.05) is 23.8 Å². The highest BCUT2D eigenvalue weighted by Gasteiger charge is 2.21. The van der Waals surface area contributed by atoms with E-state index in [0.717, 1.165) is 42.4 Å². The molecule has 1 aromatic carbocycles. The van der Waals surface area contributed by atoms with Gasteiger partial charge in [-0.15, -0.1) is 4.40 Å². The van der Waals surface area contributed by atoms with Crippen LogP contribution in [0.3, 0.4) is 0 Å². The minimum absolute atomic E-state index is 0.187. The molecular formula is C19H26N2O3S. The lowest BCUT2D eigenvalue weighted by molar-refractivity contribution is 0.335. The Balaban J connectivity index is 2.51. The number of methoxy groups -OCH3 is 1. The Kier molecular flexibility index (Phi) is 6.42. The van der Waals surface area contributed by atoms with Gasteiger partial charge in [-0.05, 0) is 50.3 Å². The molecule has 5 nitrogen and oxygen atoms in total. The summed E-state index contributed by atoms with van der Waals surface area (Å²) in [7, 11) is 1.34. The predicted octanol–water partition coefficient (Wildman–Crippen LogP) is 3.67. The zero-order valence-electron chi connectivity index (χ0n) is 15.3. The first-order chi connectivity index (χ1) is 11.8. The molecule has 0 heterocycles. The lowest BCUT2D eigenvalue weighted by atomic mass is 9.93. The van der Waals surface area contributed by atoms with Gasteiger partial charge in [0.1, 0.15) is 0 Å². The maximum Gasteiger partial charge on any atom is 0.284 e. The second-order valence-electron chi connectivity index (χ2n) is 6.34. The Morgan fingerprint density at radius 2 is 1.88 bits per heavy atom. The Morgan fingerprint density at radius 1 is 1.20 bits per heavy atom. The summed E-state index contributed by atoms with van der Waals surface area (Å²) in [5, 5.41) is 0. The third-order valence-electron chi connectivity index (χ3n) is 4.06. The highest BCUT2D eigenvalue weighted by molar-refractivity contribution is 7.90. The summed E-state index contributed by atoms with van der Waals surface area (Å²) in [4.78, 5) is 1.90. The van der Waals surface area contributed by atoms with Crippen molar-refractivity contribution in [3.05, 3.63) is 53.3 Å². The van der Waals surface area contributed by atoms with E-state index in [1.54, 1.807) is 56.6 Å². The number of sulfonamides is 1. The molecule has 1 aliphatic carbocycles. The first kappa shape index (κ1) is 19.2. The third-order valence-corrected chi connectivity index (χ3v) is 5.34. The van der Waals surface area contributed by atoms with Crippen LogP contribution in [0.5, 0.6) is 0 Å². The summed E-state index contributed by atoms with van der Waals surface area (Å²) in [5.74, 6) is 0.385. The average molecular weight is 362 g/mol. The number of hydrogen-bond donors (Lipinski definition) is 0. The predicted molar refractivity (Wildman–Crippen MR) is 101 cm³/mol. The van der Waals surface area contributed by atoms with E-state index in [1.165, 1.54) is 0 Å². The molecule has 0 fully saturated rings. The molecule has 0 N–H and O–H groups in total. The van der Waals surface area contributed by atoms with E-state index in [4.69, 9.17) is 4.74 Å². The van der Waals surface area contributed by atoms with Crippen LogP contribution >= 0.6 is 0 Å². The second-order valence-corrected chi connectivity index (χ2v) is 7.94. The number of allylic oxidation sites excluding steroid dienone is 1. The average Bonchev–Trinajstić information content (AvgIpc) is 2.59. The minimum atomic E-state index is -3.80. The molecule has 0 unspecified atom stereocenters. The highest BCUT2D eigenvalue weighted by atomic mass is 32.2. The fourth-order valence-electron chi connectivity index (χ4n) is 2.72. The van der Waals surface area contributed by atoms with Crippen molar-refractivity contribution in [2.24, 2.45) is 4.40 Å². The van der Waals surface area contributed by atoms with E-state index < -0.39 is 10.0 Å². The van der Waals surface area contributed by atoms with Crippen LogP contribution in [-0.2, 0) is 14.8 Å². The van der Waals surface area contributed by atoms with Crippen molar-refractivity contribution in [3.63, 3.8) is 0 Å². The minimum Gasteiger partial charge on any atom is -0.504 e. The van der Waals surface area contributed by atoms with Crippen molar-refractivity contribution in [3.8, 4) is 0 Å². The van der Waals surface area contributed by atoms with Crippen molar-refractivity contribution in [1.82, 2.24) is 4.90 Å². The smallest absolute Gasteiger partial charge is 0.284 e. The second kappa shape index (κ2) is 8.34. The summed E-state index contributed by atoms with van der Waals surface area (Å²) in [6, 6.07) is 6.71. The fraction of sp³-hybridized carbons (Fsp3) is 0.421. The number of nitrogens with zero attached hydrogens (tertiary/aromatic N) is 2. The summed E-state index contributed by atoms with van der Waals surface area (Å²) in [6.07, 6.45) is 7.85. The van der Waals surface area contributed by atoms with Crippen molar-refractivity contribution in [1.29, 1.82) is 0 Å². The van der Waals surface area contributed by atoms with Crippen LogP contribution in [0.15, 0.2) is 57.0 Å². The monoisotopic (exact) mass is 362 g/mol. The van der Waals surface area contributed by atoms with Crippen LogP contribution in [0, 0.1) is 6.92 Å². The number of hydrogen-bond acceptors (Lipinski definition) is 3. The molecule has 0 amide bonds. The lowest BCUT2D eigenvalue weighted by Crippen LogP contribution is -2.27. The van der Waals surface area contributed by atoms with Crippen LogP contribution in [-0.4, -0.2) is 40.4 Å². The molecule has 0 saturated carbocycles. The van der Waals surface area contributed by atoms with Crippen LogP contribution in [0.1, 0.15) is 31.2 Å². The van der Waals surface area contributed by atoms with Gasteiger partial charge in [0, 0.05) is 14.1 Å². The van der Waals surface area contributed by atoms with Crippen molar-refractivity contribution >= 4 is 15.9 Å². The molecule has 0 bridgehead atoms. The molecule has 1 aromatic rings. The van der Waals surface area contributed by atoms with E-state index >= 15 is 0 Å². The van der Waals surface area contributed by atoms with Crippen molar-refractivity contribution in [2.45, 2.75) is 37.5 Å². The summed E-state index contributed by atoms with van der Waals surface area (Å²) in [5.41, 5.74) is 2.81. The van der Waals surface area contributed by atoms with Gasteiger partial charge in [0.15, 0.2) is 5.84 Å². The fourth-order valence-corrected chi connectivity index (χ4v) is 3.80. The maximum atomic E-state index is 12.7. The van der Waals surface area contributed by atoms with Gasteiger partial charge >= 0.3 is 0 Å². The quantitative estimate of drug-likeness (QED) is 0.455. The lowest BCUT2D eigenvalue weighted by Gasteiger charge is -2.22. The molecule has 0 saturated heterocycles. The highest BCUT2D eigenvalue weighted by Crippen LogP contribution is 2.26. The van der Waals surface area contributed by atoms with E-state index in [-0.39, 0.29) is 4.90 Å². The number of ether oxygens (including phenoxy) is 1. The molecule has 0 radical (unpaired) electrons. The summed E-state index contributed by atoms with van der Waals surface area (Å²) in [6.45, 7) is 1.92. The topological polar surface area (TPSA) is 59.0 Å². The molecule has 0 aromatic heterocycles. The van der Waals surface area contributed by atoms with Gasteiger partial charge in [0.05, 0.1) is 23.8 Å². The zero-order valence-corrected chi connectivity index (χ0v) is 16.1. The normalized spacial score (nSPS) is 16.4. The number of aryl methyl sites for hydroxylation is 1. The van der Waals surface area contributed by atoms with Gasteiger partial charge in [-0.25, -0.2) is 0 Å². The molecule has 1 aliphatic rings. The SMILES string of the molecule is CO/C=C(C1=CCCCC1)/C(=N\S(=O)(=O)c1ccc(C)cc1)N(C)C. The van der Waals surface area contributed by atoms with E-state index in [1.807, 2.05) is 6.92 Å². The van der Waals surface area contributed by atoms with Crippen LogP contribution < -0.4 is 0 Å². The van der Waals surface area contributed by atoms with Crippen molar-refractivity contribution < 1.29 is 13.2 Å². The largest absolute Gasteiger partial charge is 0.504 e. The molecule has 6 heteroatoms. The summed E-state index contributed by atoms with van der Waals surface area (Å²) < 4.78 is 34.8. The van der Waals surface area contributed by atoms with Gasteiger partial charge in [-0.2, -0.15) is 8.42 Å². The van der Waals surface area contributed by atoms with Gasteiger partial charge < -0.3 is 9.64 Å². The summed E-state index contributed by atoms with van der Waals surface area (Å²) >= 11 is 0. The van der Waals surface area contributed by atoms with Crippen molar-refractivity contribution in [2.75, 3.05) is 21.2 Å². The van der Waals surface area contributed by atoms with Crippen LogP contribution in [0.4, 0.5) is 0 Å². The molecular weight excluding hydrogens is 336 g/mol. The molecule has 2 rings (SSSR count). The van der Waals surface area contributed by atoms with E-state index in [0.29, 0.717) is 5.84 Å². The number of benzene rings is 1. The molecule has 0 aliphatic heterocycles. The first-order valence-corrected chi connectivity index (χ1v) is 9.81. The molecule has 0 atom stereocenters. The number of likely N-dealkylation sites (N-methyl/N-ethyl adjacent to an activating group) is 1. The van der Waals surface area contributed by atoms with E-state index in [2.05, 4.69) is 10.5 Å². The molecule has 0 spiro atoms. The number of rotatable bonds is 5. The van der Waals surface area contributed by atoms with Crippen LogP contribution in [0.25, 0.3) is 0 Å². The molecule has 25 heavy (non-hydrogen) atoms. The Morgan fingerprint density at radius 3 is 2.40 bits per heavy atom. The molecule has 136 valence electrons. The standard InChI is InChI=1S/C19H26N2O3S/c1-15-10-12-17(13-11-15)25(22,23)20-19(21(2)3)18(14-24-4)16-8-6-5-7-9-16/h8,10-14H,5-7,9H2,1-4H3/b18-14+,20-19+. The third kappa shape index (κ3) is 4.95. The van der Waals surface area contributed by atoms with Gasteiger partial charge in [0.2, 0.25) is 0 Å². The van der Waals surface area contributed by atoms with E-state index in [9.17, 15) is 8.42 Å². The van der Waals surface area contributed by atoms with Gasteiger partial charge in [-0.3, -0.25) is 0 Å². The van der Waals surface area contributed by atoms with Gasteiger partial charge in [0.25, 0.3) is 10.0 Å².